The summed E-state index contributed by atoms with van der Waals surface area (Å²) in [5, 5.41) is 3.79. The Hall–Kier alpha value is -2.05. The third kappa shape index (κ3) is 3.76. The number of halogens is 10. The molecule has 2 rings (SSSR count). The molecule has 1 aliphatic rings. The lowest BCUT2D eigenvalue weighted by atomic mass is 9.94. The first-order chi connectivity index (χ1) is 12.7. The molecule has 3 nitrogen and oxygen atoms in total. The van der Waals surface area contributed by atoms with Crippen LogP contribution in [-0.4, -0.2) is 61.0 Å². The first-order valence-corrected chi connectivity index (χ1v) is 7.60. The van der Waals surface area contributed by atoms with Crippen molar-refractivity contribution in [2.45, 2.75) is 23.9 Å². The second-order valence-electron chi connectivity index (χ2n) is 5.72. The molecule has 0 atom stereocenters. The Bertz CT molecular complexity index is 726. The normalized spacial score (nSPS) is 17.8. The average molecular weight is 426 g/mol. The molecule has 1 saturated heterocycles. The van der Waals surface area contributed by atoms with Gasteiger partial charge >= 0.3 is 23.9 Å². The molecule has 0 bridgehead atoms. The third-order valence-corrected chi connectivity index (χ3v) is 3.80. The summed E-state index contributed by atoms with van der Waals surface area (Å²) in [6.07, 6.45) is -6.99. The molecule has 0 radical (unpaired) electrons. The van der Waals surface area contributed by atoms with Crippen LogP contribution in [0.25, 0.3) is 0 Å². The molecular formula is C15H12F10N2O. The number of benzene rings is 1. The SMILES string of the molecule is Fc1ccccc1/C(=N\N1CCOCC1)C(F)(F)C(F)(F)C(F)(F)C(F)(F)F. The van der Waals surface area contributed by atoms with E-state index in [1.165, 1.54) is 0 Å². The molecule has 0 N–H and O–H groups in total. The zero-order valence-corrected chi connectivity index (χ0v) is 13.7. The Morgan fingerprint density at radius 3 is 1.89 bits per heavy atom. The molecular weight excluding hydrogens is 414 g/mol. The van der Waals surface area contributed by atoms with E-state index in [2.05, 4.69) is 5.10 Å². The van der Waals surface area contributed by atoms with Crippen LogP contribution in [0.4, 0.5) is 43.9 Å². The minimum Gasteiger partial charge on any atom is -0.378 e. The average Bonchev–Trinajstić information content (AvgIpc) is 2.60. The van der Waals surface area contributed by atoms with Crippen molar-refractivity contribution in [3.8, 4) is 0 Å². The first kappa shape index (κ1) is 22.2. The van der Waals surface area contributed by atoms with Gasteiger partial charge in [0.05, 0.1) is 26.3 Å². The van der Waals surface area contributed by atoms with Crippen LogP contribution < -0.4 is 0 Å². The number of ether oxygens (including phenoxy) is 1. The number of hydrogen-bond acceptors (Lipinski definition) is 3. The van der Waals surface area contributed by atoms with Gasteiger partial charge in [-0.2, -0.15) is 44.6 Å². The molecule has 1 fully saturated rings. The molecule has 13 heteroatoms. The molecule has 1 heterocycles. The largest absolute Gasteiger partial charge is 0.460 e. The molecule has 1 aliphatic heterocycles. The lowest BCUT2D eigenvalue weighted by Gasteiger charge is -2.35. The summed E-state index contributed by atoms with van der Waals surface area (Å²) in [7, 11) is 0. The smallest absolute Gasteiger partial charge is 0.378 e. The molecule has 0 aliphatic carbocycles. The number of hydrogen-bond donors (Lipinski definition) is 0. The third-order valence-electron chi connectivity index (χ3n) is 3.80. The number of nitrogens with zero attached hydrogens (tertiary/aromatic N) is 2. The zero-order valence-electron chi connectivity index (χ0n) is 13.7. The second kappa shape index (κ2) is 7.41. The molecule has 0 spiro atoms. The minimum atomic E-state index is -7.11. The predicted molar refractivity (Wildman–Crippen MR) is 76.2 cm³/mol. The van der Waals surface area contributed by atoms with Crippen LogP contribution in [0.2, 0.25) is 0 Å². The van der Waals surface area contributed by atoms with Gasteiger partial charge < -0.3 is 4.74 Å². The van der Waals surface area contributed by atoms with Gasteiger partial charge in [0.15, 0.2) is 0 Å². The van der Waals surface area contributed by atoms with Gasteiger partial charge in [-0.3, -0.25) is 5.01 Å². The van der Waals surface area contributed by atoms with Crippen LogP contribution in [-0.2, 0) is 4.74 Å². The monoisotopic (exact) mass is 426 g/mol. The van der Waals surface area contributed by atoms with Crippen LogP contribution in [0, 0.1) is 5.82 Å². The Morgan fingerprint density at radius 1 is 0.857 bits per heavy atom. The summed E-state index contributed by atoms with van der Waals surface area (Å²) in [6, 6.07) is 2.94. The van der Waals surface area contributed by atoms with Crippen LogP contribution in [0.3, 0.4) is 0 Å². The highest BCUT2D eigenvalue weighted by Crippen LogP contribution is 2.54. The highest BCUT2D eigenvalue weighted by atomic mass is 19.4. The van der Waals surface area contributed by atoms with E-state index in [-0.39, 0.29) is 26.3 Å². The molecule has 1 aromatic rings. The van der Waals surface area contributed by atoms with E-state index in [1.54, 1.807) is 0 Å². The topological polar surface area (TPSA) is 24.8 Å². The van der Waals surface area contributed by atoms with Gasteiger partial charge in [0.2, 0.25) is 0 Å². The van der Waals surface area contributed by atoms with Gasteiger partial charge in [-0.1, -0.05) is 12.1 Å². The van der Waals surface area contributed by atoms with Gasteiger partial charge in [0.1, 0.15) is 11.5 Å². The van der Waals surface area contributed by atoms with Crippen LogP contribution in [0.15, 0.2) is 29.4 Å². The maximum absolute atomic E-state index is 14.4. The van der Waals surface area contributed by atoms with Crippen molar-refractivity contribution in [2.24, 2.45) is 5.10 Å². The van der Waals surface area contributed by atoms with E-state index in [9.17, 15) is 43.9 Å². The van der Waals surface area contributed by atoms with Gasteiger partial charge in [0.25, 0.3) is 0 Å². The van der Waals surface area contributed by atoms with E-state index >= 15 is 0 Å². The minimum absolute atomic E-state index is 0.102. The quantitative estimate of drug-likeness (QED) is 0.518. The number of morpholine rings is 1. The molecule has 158 valence electrons. The lowest BCUT2D eigenvalue weighted by molar-refractivity contribution is -0.384. The Morgan fingerprint density at radius 2 is 1.39 bits per heavy atom. The predicted octanol–water partition coefficient (Wildman–Crippen LogP) is 4.33. The Balaban J connectivity index is 2.64. The van der Waals surface area contributed by atoms with Crippen LogP contribution >= 0.6 is 0 Å². The standard InChI is InChI=1S/C15H12F10N2O/c16-10-4-2-1-3-9(10)11(26-27-5-7-28-8-6-27)12(17,18)13(19,20)14(21,22)15(23,24)25/h1-4H,5-8H2/b26-11+. The van der Waals surface area contributed by atoms with E-state index in [4.69, 9.17) is 4.74 Å². The van der Waals surface area contributed by atoms with E-state index < -0.39 is 41.0 Å². The molecule has 1 aromatic carbocycles. The van der Waals surface area contributed by atoms with Crippen LogP contribution in [0.1, 0.15) is 5.56 Å². The Labute approximate surface area is 151 Å². The molecule has 0 saturated carbocycles. The fraction of sp³-hybridized carbons (Fsp3) is 0.533. The van der Waals surface area contributed by atoms with Crippen LogP contribution in [0.5, 0.6) is 0 Å². The number of alkyl halides is 9. The Kier molecular flexibility index (Phi) is 5.89. The van der Waals surface area contributed by atoms with Gasteiger partial charge in [0, 0.05) is 5.56 Å². The summed E-state index contributed by atoms with van der Waals surface area (Å²) < 4.78 is 139. The summed E-state index contributed by atoms with van der Waals surface area (Å²) in [6.45, 7) is -0.714. The summed E-state index contributed by atoms with van der Waals surface area (Å²) in [5.74, 6) is -21.8. The maximum atomic E-state index is 14.4. The number of rotatable bonds is 5. The zero-order chi connectivity index (χ0) is 21.4. The van der Waals surface area contributed by atoms with Crippen molar-refractivity contribution in [2.75, 3.05) is 26.3 Å². The molecule has 0 amide bonds. The second-order valence-corrected chi connectivity index (χ2v) is 5.72. The van der Waals surface area contributed by atoms with E-state index in [1.807, 2.05) is 0 Å². The highest BCUT2D eigenvalue weighted by molar-refractivity contribution is 6.06. The molecule has 0 aromatic heterocycles. The van der Waals surface area contributed by atoms with Crippen molar-refractivity contribution in [1.29, 1.82) is 0 Å². The van der Waals surface area contributed by atoms with Crippen molar-refractivity contribution >= 4 is 5.71 Å². The maximum Gasteiger partial charge on any atom is 0.460 e. The number of hydrazone groups is 1. The fourth-order valence-corrected chi connectivity index (χ4v) is 2.26. The van der Waals surface area contributed by atoms with Crippen molar-refractivity contribution < 1.29 is 48.6 Å². The summed E-state index contributed by atoms with van der Waals surface area (Å²) in [5.41, 5.74) is -3.59. The van der Waals surface area contributed by atoms with E-state index in [0.29, 0.717) is 17.1 Å². The highest BCUT2D eigenvalue weighted by Gasteiger charge is 2.83. The van der Waals surface area contributed by atoms with Gasteiger partial charge in [-0.15, -0.1) is 0 Å². The molecule has 0 unspecified atom stereocenters. The molecule has 28 heavy (non-hydrogen) atoms. The first-order valence-electron chi connectivity index (χ1n) is 7.60. The van der Waals surface area contributed by atoms with E-state index in [0.717, 1.165) is 12.1 Å². The fourth-order valence-electron chi connectivity index (χ4n) is 2.26. The van der Waals surface area contributed by atoms with Crippen molar-refractivity contribution in [3.63, 3.8) is 0 Å². The van der Waals surface area contributed by atoms with Crippen molar-refractivity contribution in [3.05, 3.63) is 35.6 Å². The lowest BCUT2D eigenvalue weighted by Crippen LogP contribution is -2.63. The van der Waals surface area contributed by atoms with Crippen molar-refractivity contribution in [1.82, 2.24) is 5.01 Å². The van der Waals surface area contributed by atoms with Gasteiger partial charge in [-0.05, 0) is 12.1 Å². The summed E-state index contributed by atoms with van der Waals surface area (Å²) in [4.78, 5) is 0. The summed E-state index contributed by atoms with van der Waals surface area (Å²) >= 11 is 0. The van der Waals surface area contributed by atoms with Gasteiger partial charge in [-0.25, -0.2) is 4.39 Å².